The molecule has 13 heteroatoms. The fourth-order valence-electron chi connectivity index (χ4n) is 5.69. The van der Waals surface area contributed by atoms with Crippen LogP contribution in [0.2, 0.25) is 0 Å². The number of benzene rings is 1. The maximum absolute atomic E-state index is 13.4. The molecule has 0 spiro atoms. The molecule has 4 aliphatic heterocycles. The lowest BCUT2D eigenvalue weighted by Gasteiger charge is -2.43. The van der Waals surface area contributed by atoms with Crippen LogP contribution in [0.5, 0.6) is 0 Å². The summed E-state index contributed by atoms with van der Waals surface area (Å²) in [7, 11) is 0. The van der Waals surface area contributed by atoms with Crippen molar-refractivity contribution >= 4 is 29.7 Å². The average Bonchev–Trinajstić information content (AvgIpc) is 3.29. The molecule has 43 heavy (non-hydrogen) atoms. The summed E-state index contributed by atoms with van der Waals surface area (Å²) in [5, 5.41) is 2.41. The highest BCUT2D eigenvalue weighted by Crippen LogP contribution is 2.39. The number of aliphatic imine (C=N–C) groups is 2. The summed E-state index contributed by atoms with van der Waals surface area (Å²) in [6.07, 6.45) is 4.71. The lowest BCUT2D eigenvalue weighted by Crippen LogP contribution is -2.56. The molecule has 0 aliphatic carbocycles. The molecule has 2 amide bonds. The number of hydrogen-bond acceptors (Lipinski definition) is 7. The third-order valence-electron chi connectivity index (χ3n) is 8.19. The third-order valence-corrected chi connectivity index (χ3v) is 8.19. The van der Waals surface area contributed by atoms with Gasteiger partial charge in [0.2, 0.25) is 11.6 Å². The Hall–Kier alpha value is -4.46. The molecule has 2 atom stereocenters. The Labute approximate surface area is 245 Å². The van der Waals surface area contributed by atoms with Crippen LogP contribution in [0.4, 0.5) is 19.0 Å². The van der Waals surface area contributed by atoms with E-state index < -0.39 is 23.1 Å². The number of allylic oxidation sites excluding steroid dienone is 1. The second-order valence-electron chi connectivity index (χ2n) is 11.0. The normalized spacial score (nSPS) is 24.2. The van der Waals surface area contributed by atoms with Crippen molar-refractivity contribution in [2.45, 2.75) is 19.0 Å². The fourth-order valence-corrected chi connectivity index (χ4v) is 5.69. The molecule has 0 radical (unpaired) electrons. The van der Waals surface area contributed by atoms with Crippen LogP contribution in [-0.4, -0.2) is 64.6 Å². The van der Waals surface area contributed by atoms with E-state index in [2.05, 4.69) is 21.9 Å². The highest BCUT2D eigenvalue weighted by Gasteiger charge is 2.49. The van der Waals surface area contributed by atoms with E-state index in [1.54, 1.807) is 49.0 Å². The number of rotatable bonds is 6. The number of alkyl halides is 3. The predicted octanol–water partition coefficient (Wildman–Crippen LogP) is 4.01. The van der Waals surface area contributed by atoms with Gasteiger partial charge in [-0.15, -0.1) is 11.2 Å². The number of anilines is 1. The van der Waals surface area contributed by atoms with Crippen LogP contribution in [0, 0.1) is 11.3 Å². The molecule has 2 fully saturated rings. The highest BCUT2D eigenvalue weighted by molar-refractivity contribution is 6.05. The summed E-state index contributed by atoms with van der Waals surface area (Å²) in [6.45, 7) is 5.63. The molecule has 4 aliphatic rings. The Balaban J connectivity index is 1.23. The molecule has 10 nitrogen and oxygen atoms in total. The molecule has 6 rings (SSSR count). The second kappa shape index (κ2) is 10.7. The van der Waals surface area contributed by atoms with Crippen molar-refractivity contribution in [3.8, 4) is 0 Å². The van der Waals surface area contributed by atoms with E-state index in [0.29, 0.717) is 43.4 Å². The maximum Gasteiger partial charge on any atom is 0.416 e. The molecule has 2 unspecified atom stereocenters. The molecular weight excluding hydrogens is 563 g/mol. The number of carbonyl (C=O) groups is 2. The number of aromatic nitrogens is 1. The summed E-state index contributed by atoms with van der Waals surface area (Å²) >= 11 is 0. The minimum atomic E-state index is -4.56. The van der Waals surface area contributed by atoms with Gasteiger partial charge in [-0.05, 0) is 49.2 Å². The zero-order valence-corrected chi connectivity index (χ0v) is 23.1. The monoisotopic (exact) mass is 592 g/mol. The molecule has 2 aromatic rings. The Bertz CT molecular complexity index is 1610. The zero-order chi connectivity index (χ0) is 30.4. The second-order valence-corrected chi connectivity index (χ2v) is 11.0. The lowest BCUT2D eigenvalue weighted by atomic mass is 9.83. The summed E-state index contributed by atoms with van der Waals surface area (Å²) in [4.78, 5) is 41.1. The predicted molar refractivity (Wildman–Crippen MR) is 152 cm³/mol. The first-order valence-electron chi connectivity index (χ1n) is 13.7. The van der Waals surface area contributed by atoms with Gasteiger partial charge in [0, 0.05) is 30.8 Å². The molecule has 2 saturated heterocycles. The molecule has 3 N–H and O–H groups in total. The number of hydrogen-bond donors (Lipinski definition) is 2. The van der Waals surface area contributed by atoms with Crippen LogP contribution in [0.25, 0.3) is 0 Å². The molecule has 0 bridgehead atoms. The van der Waals surface area contributed by atoms with Crippen molar-refractivity contribution in [1.82, 2.24) is 9.88 Å². The van der Waals surface area contributed by atoms with Crippen molar-refractivity contribution in [2.75, 3.05) is 31.6 Å². The molecular formula is C30H29F3N7O3+. The van der Waals surface area contributed by atoms with Gasteiger partial charge in [0.05, 0.1) is 36.8 Å². The number of halogens is 3. The first-order chi connectivity index (χ1) is 20.5. The van der Waals surface area contributed by atoms with Crippen molar-refractivity contribution in [2.24, 2.45) is 27.2 Å². The number of fused-ring (bicyclic) bond motifs is 1. The molecule has 0 saturated carbocycles. The van der Waals surface area contributed by atoms with Crippen molar-refractivity contribution in [1.29, 1.82) is 0 Å². The number of quaternary nitrogens is 1. The van der Waals surface area contributed by atoms with E-state index in [1.807, 2.05) is 4.90 Å². The SMILES string of the molecule is C=CC1(C(=O)N2CCCC(C3=C4C=NC=C[N+]4(N)C(c4ccc(C(=O)Nc5cc(C(F)(F)F)ccn5)cc4)=N3)C2)COC1. The summed E-state index contributed by atoms with van der Waals surface area (Å²) in [6, 6.07) is 8.06. The summed E-state index contributed by atoms with van der Waals surface area (Å²) < 4.78 is 44.2. The lowest BCUT2D eigenvalue weighted by molar-refractivity contribution is -0.750. The smallest absolute Gasteiger partial charge is 0.378 e. The molecule has 1 aromatic heterocycles. The first kappa shape index (κ1) is 28.6. The Kier molecular flexibility index (Phi) is 7.11. The minimum absolute atomic E-state index is 0.00570. The van der Waals surface area contributed by atoms with Crippen LogP contribution < -0.4 is 11.2 Å². The van der Waals surface area contributed by atoms with E-state index in [4.69, 9.17) is 15.6 Å². The standard InChI is InChI=1S/C30H28F3N7O3/c1-2-29(17-43-18-29)28(42)39-12-3-4-21(16-39)25-23-15-35-11-13-40(23,34)26(38-25)19-5-7-20(8-6-19)27(41)37-24-14-22(9-10-36-24)30(31,32)33/h2,5-11,13-15,21H,1,3-4,12,16-18,34H2/p+1. The van der Waals surface area contributed by atoms with E-state index in [-0.39, 0.29) is 27.8 Å². The first-order valence-corrected chi connectivity index (χ1v) is 13.7. The van der Waals surface area contributed by atoms with Crippen molar-refractivity contribution in [3.05, 3.63) is 95.7 Å². The Morgan fingerprint density at radius 2 is 1.98 bits per heavy atom. The van der Waals surface area contributed by atoms with Crippen LogP contribution in [0.1, 0.15) is 34.3 Å². The van der Waals surface area contributed by atoms with E-state index in [0.717, 1.165) is 36.9 Å². The van der Waals surface area contributed by atoms with Gasteiger partial charge in [0.1, 0.15) is 23.1 Å². The molecule has 1 aromatic carbocycles. The number of nitrogens with zero attached hydrogens (tertiary/aromatic N) is 5. The number of amidine groups is 1. The van der Waals surface area contributed by atoms with Gasteiger partial charge in [-0.1, -0.05) is 6.08 Å². The zero-order valence-electron chi connectivity index (χ0n) is 23.1. The minimum Gasteiger partial charge on any atom is -0.378 e. The quantitative estimate of drug-likeness (QED) is 0.298. The number of likely N-dealkylation sites (tertiary alicyclic amines) is 1. The Morgan fingerprint density at radius 1 is 1.21 bits per heavy atom. The molecule has 222 valence electrons. The molecule has 5 heterocycles. The number of carbonyl (C=O) groups excluding carboxylic acids is 2. The topological polar surface area (TPSA) is 122 Å². The van der Waals surface area contributed by atoms with Crippen LogP contribution >= 0.6 is 0 Å². The van der Waals surface area contributed by atoms with Gasteiger partial charge < -0.3 is 15.0 Å². The van der Waals surface area contributed by atoms with Gasteiger partial charge in [0.15, 0.2) is 0 Å². The van der Waals surface area contributed by atoms with Crippen LogP contribution in [0.15, 0.2) is 89.0 Å². The van der Waals surface area contributed by atoms with E-state index in [9.17, 15) is 22.8 Å². The maximum atomic E-state index is 13.4. The number of nitrogens with one attached hydrogen (secondary N) is 1. The van der Waals surface area contributed by atoms with Gasteiger partial charge in [-0.3, -0.25) is 14.6 Å². The number of nitrogens with two attached hydrogens (primary N) is 1. The third kappa shape index (κ3) is 5.09. The van der Waals surface area contributed by atoms with Gasteiger partial charge in [-0.25, -0.2) is 4.98 Å². The summed E-state index contributed by atoms with van der Waals surface area (Å²) in [5.74, 6) is 6.50. The van der Waals surface area contributed by atoms with E-state index >= 15 is 0 Å². The van der Waals surface area contributed by atoms with Gasteiger partial charge >= 0.3 is 6.18 Å². The number of ether oxygens (including phenoxy) is 1. The summed E-state index contributed by atoms with van der Waals surface area (Å²) in [5.41, 5.74) is 0.705. The van der Waals surface area contributed by atoms with Crippen molar-refractivity contribution in [3.63, 3.8) is 0 Å². The highest BCUT2D eigenvalue weighted by atomic mass is 19.4. The van der Waals surface area contributed by atoms with E-state index in [1.165, 1.54) is 0 Å². The van der Waals surface area contributed by atoms with Gasteiger partial charge in [0.25, 0.3) is 11.7 Å². The number of pyridine rings is 1. The Morgan fingerprint density at radius 3 is 2.65 bits per heavy atom. The largest absolute Gasteiger partial charge is 0.416 e. The fraction of sp³-hybridized carbons (Fsp3) is 0.300. The van der Waals surface area contributed by atoms with Gasteiger partial charge in [-0.2, -0.15) is 24.0 Å². The number of piperidine rings is 1. The number of amides is 2. The van der Waals surface area contributed by atoms with Crippen molar-refractivity contribution < 1.29 is 32.1 Å². The van der Waals surface area contributed by atoms with Crippen LogP contribution in [-0.2, 0) is 15.7 Å². The average molecular weight is 593 g/mol. The van der Waals surface area contributed by atoms with Crippen LogP contribution in [0.3, 0.4) is 0 Å².